The Morgan fingerprint density at radius 1 is 1.58 bits per heavy atom. The molecule has 0 aromatic carbocycles. The van der Waals surface area contributed by atoms with Crippen molar-refractivity contribution in [1.82, 2.24) is 19.7 Å². The molecule has 0 bridgehead atoms. The van der Waals surface area contributed by atoms with Gasteiger partial charge in [-0.15, -0.1) is 10.2 Å². The minimum absolute atomic E-state index is 0.181. The molecular formula is C13H22N4O2. The second-order valence-corrected chi connectivity index (χ2v) is 5.44. The molecule has 2 heterocycles. The summed E-state index contributed by atoms with van der Waals surface area (Å²) in [6.07, 6.45) is 3.88. The van der Waals surface area contributed by atoms with E-state index in [2.05, 4.69) is 33.5 Å². The van der Waals surface area contributed by atoms with Crippen molar-refractivity contribution in [1.29, 1.82) is 0 Å². The van der Waals surface area contributed by atoms with Crippen LogP contribution in [0.15, 0.2) is 6.33 Å². The van der Waals surface area contributed by atoms with Crippen molar-refractivity contribution >= 4 is 5.97 Å². The molecule has 0 saturated carbocycles. The average Bonchev–Trinajstić information content (AvgIpc) is 2.97. The van der Waals surface area contributed by atoms with E-state index >= 15 is 0 Å². The maximum atomic E-state index is 11.4. The monoisotopic (exact) mass is 266 g/mol. The number of hydrogen-bond acceptors (Lipinski definition) is 5. The zero-order valence-corrected chi connectivity index (χ0v) is 11.9. The molecule has 0 unspecified atom stereocenters. The van der Waals surface area contributed by atoms with E-state index in [0.717, 1.165) is 31.8 Å². The standard InChI is InChI=1S/C13H22N4O2/c1-10(2)7-17-9-14-15-13(17)11-5-4-6-16(11)8-12(18)19-3/h9-11H,4-8H2,1-3H3/t11-/m0/s1. The van der Waals surface area contributed by atoms with Crippen LogP contribution in [0, 0.1) is 5.92 Å². The van der Waals surface area contributed by atoms with Crippen LogP contribution >= 0.6 is 0 Å². The van der Waals surface area contributed by atoms with Crippen LogP contribution in [0.4, 0.5) is 0 Å². The van der Waals surface area contributed by atoms with Gasteiger partial charge in [-0.2, -0.15) is 0 Å². The van der Waals surface area contributed by atoms with Crippen LogP contribution in [0.25, 0.3) is 0 Å². The van der Waals surface area contributed by atoms with E-state index in [1.807, 2.05) is 0 Å². The molecule has 106 valence electrons. The number of likely N-dealkylation sites (tertiary alicyclic amines) is 1. The lowest BCUT2D eigenvalue weighted by Crippen LogP contribution is -2.31. The van der Waals surface area contributed by atoms with Crippen molar-refractivity contribution in [3.63, 3.8) is 0 Å². The Kier molecular flexibility index (Phi) is 4.52. The molecule has 1 aromatic rings. The predicted molar refractivity (Wildman–Crippen MR) is 70.4 cm³/mol. The Bertz CT molecular complexity index is 430. The normalized spacial score (nSPS) is 20.1. The second-order valence-electron chi connectivity index (χ2n) is 5.44. The number of hydrogen-bond donors (Lipinski definition) is 0. The second kappa shape index (κ2) is 6.14. The Morgan fingerprint density at radius 3 is 3.05 bits per heavy atom. The van der Waals surface area contributed by atoms with Gasteiger partial charge in [0.05, 0.1) is 19.7 Å². The zero-order chi connectivity index (χ0) is 13.8. The van der Waals surface area contributed by atoms with Crippen molar-refractivity contribution < 1.29 is 9.53 Å². The SMILES string of the molecule is COC(=O)CN1CCC[C@H]1c1nncn1CC(C)C. The van der Waals surface area contributed by atoms with Crippen LogP contribution in [0.5, 0.6) is 0 Å². The van der Waals surface area contributed by atoms with Crippen molar-refractivity contribution in [2.45, 2.75) is 39.3 Å². The molecule has 1 aliphatic heterocycles. The summed E-state index contributed by atoms with van der Waals surface area (Å²) in [6.45, 7) is 6.49. The Hall–Kier alpha value is -1.43. The van der Waals surface area contributed by atoms with Crippen LogP contribution in [0.3, 0.4) is 0 Å². The first-order valence-corrected chi connectivity index (χ1v) is 6.80. The van der Waals surface area contributed by atoms with Crippen molar-refractivity contribution in [3.05, 3.63) is 12.2 Å². The maximum absolute atomic E-state index is 11.4. The third-order valence-electron chi connectivity index (χ3n) is 3.43. The van der Waals surface area contributed by atoms with E-state index in [-0.39, 0.29) is 12.0 Å². The number of aromatic nitrogens is 3. The first-order valence-electron chi connectivity index (χ1n) is 6.80. The van der Waals surface area contributed by atoms with Gasteiger partial charge in [0.1, 0.15) is 12.2 Å². The number of esters is 1. The van der Waals surface area contributed by atoms with Gasteiger partial charge in [0, 0.05) is 6.54 Å². The highest BCUT2D eigenvalue weighted by molar-refractivity contribution is 5.71. The summed E-state index contributed by atoms with van der Waals surface area (Å²) in [6, 6.07) is 0.181. The average molecular weight is 266 g/mol. The molecule has 0 amide bonds. The smallest absolute Gasteiger partial charge is 0.319 e. The van der Waals surface area contributed by atoms with Gasteiger partial charge < -0.3 is 9.30 Å². The van der Waals surface area contributed by atoms with Gasteiger partial charge in [-0.3, -0.25) is 9.69 Å². The van der Waals surface area contributed by atoms with Crippen molar-refractivity contribution in [2.75, 3.05) is 20.2 Å². The van der Waals surface area contributed by atoms with E-state index < -0.39 is 0 Å². The largest absolute Gasteiger partial charge is 0.468 e. The zero-order valence-electron chi connectivity index (χ0n) is 11.9. The van der Waals surface area contributed by atoms with Gasteiger partial charge in [0.25, 0.3) is 0 Å². The molecule has 1 atom stereocenters. The molecule has 1 fully saturated rings. The summed E-state index contributed by atoms with van der Waals surface area (Å²) < 4.78 is 6.85. The van der Waals surface area contributed by atoms with Crippen molar-refractivity contribution in [3.8, 4) is 0 Å². The Labute approximate surface area is 113 Å². The van der Waals surface area contributed by atoms with E-state index in [9.17, 15) is 4.79 Å². The number of nitrogens with zero attached hydrogens (tertiary/aromatic N) is 4. The minimum atomic E-state index is -0.193. The highest BCUT2D eigenvalue weighted by atomic mass is 16.5. The summed E-state index contributed by atoms with van der Waals surface area (Å²) in [5.41, 5.74) is 0. The van der Waals surface area contributed by atoms with Crippen LogP contribution in [0.2, 0.25) is 0 Å². The van der Waals surface area contributed by atoms with E-state index in [0.29, 0.717) is 12.5 Å². The third kappa shape index (κ3) is 3.32. The van der Waals surface area contributed by atoms with Gasteiger partial charge in [0.2, 0.25) is 0 Å². The van der Waals surface area contributed by atoms with Gasteiger partial charge in [-0.25, -0.2) is 0 Å². The fourth-order valence-corrected chi connectivity index (χ4v) is 2.59. The summed E-state index contributed by atoms with van der Waals surface area (Å²) in [5.74, 6) is 1.32. The first kappa shape index (κ1) is 14.0. The van der Waals surface area contributed by atoms with Crippen LogP contribution < -0.4 is 0 Å². The summed E-state index contributed by atoms with van der Waals surface area (Å²) in [7, 11) is 1.43. The lowest BCUT2D eigenvalue weighted by atomic mass is 10.2. The number of ether oxygens (including phenoxy) is 1. The number of carbonyl (C=O) groups excluding carboxylic acids is 1. The van der Waals surface area contributed by atoms with Crippen LogP contribution in [0.1, 0.15) is 38.6 Å². The highest BCUT2D eigenvalue weighted by Gasteiger charge is 2.31. The molecule has 6 heteroatoms. The molecule has 0 N–H and O–H groups in total. The molecular weight excluding hydrogens is 244 g/mol. The van der Waals surface area contributed by atoms with Crippen molar-refractivity contribution in [2.24, 2.45) is 5.92 Å². The Morgan fingerprint density at radius 2 is 2.37 bits per heavy atom. The molecule has 6 nitrogen and oxygen atoms in total. The molecule has 0 spiro atoms. The topological polar surface area (TPSA) is 60.2 Å². The first-order chi connectivity index (χ1) is 9.11. The van der Waals surface area contributed by atoms with Gasteiger partial charge in [-0.1, -0.05) is 13.8 Å². The van der Waals surface area contributed by atoms with Gasteiger partial charge in [-0.05, 0) is 25.3 Å². The van der Waals surface area contributed by atoms with Crippen LogP contribution in [-0.2, 0) is 16.1 Å². The summed E-state index contributed by atoms with van der Waals surface area (Å²) in [4.78, 5) is 13.6. The molecule has 1 aliphatic rings. The van der Waals surface area contributed by atoms with Gasteiger partial charge in [0.15, 0.2) is 0 Å². The van der Waals surface area contributed by atoms with Crippen LogP contribution in [-0.4, -0.2) is 45.8 Å². The maximum Gasteiger partial charge on any atom is 0.319 e. The van der Waals surface area contributed by atoms with E-state index in [1.54, 1.807) is 6.33 Å². The fourth-order valence-electron chi connectivity index (χ4n) is 2.59. The number of carbonyl (C=O) groups is 1. The molecule has 0 aliphatic carbocycles. The minimum Gasteiger partial charge on any atom is -0.468 e. The van der Waals surface area contributed by atoms with E-state index in [1.165, 1.54) is 7.11 Å². The molecule has 19 heavy (non-hydrogen) atoms. The van der Waals surface area contributed by atoms with E-state index in [4.69, 9.17) is 4.74 Å². The molecule has 1 saturated heterocycles. The quantitative estimate of drug-likeness (QED) is 0.751. The highest BCUT2D eigenvalue weighted by Crippen LogP contribution is 2.30. The lowest BCUT2D eigenvalue weighted by molar-refractivity contribution is -0.142. The molecule has 0 radical (unpaired) electrons. The van der Waals surface area contributed by atoms with Gasteiger partial charge >= 0.3 is 5.97 Å². The summed E-state index contributed by atoms with van der Waals surface area (Å²) in [5, 5.41) is 8.28. The Balaban J connectivity index is 2.11. The fraction of sp³-hybridized carbons (Fsp3) is 0.769. The number of rotatable bonds is 5. The lowest BCUT2D eigenvalue weighted by Gasteiger charge is -2.23. The number of methoxy groups -OCH3 is 1. The predicted octanol–water partition coefficient (Wildman–Crippen LogP) is 1.24. The summed E-state index contributed by atoms with van der Waals surface area (Å²) >= 11 is 0. The molecule has 2 rings (SSSR count). The molecule has 1 aromatic heterocycles. The third-order valence-corrected chi connectivity index (χ3v) is 3.43.